The van der Waals surface area contributed by atoms with Crippen molar-refractivity contribution in [3.8, 4) is 5.75 Å². The van der Waals surface area contributed by atoms with E-state index in [-0.39, 0.29) is 5.97 Å². The van der Waals surface area contributed by atoms with Gasteiger partial charge in [-0.05, 0) is 37.0 Å². The number of esters is 1. The summed E-state index contributed by atoms with van der Waals surface area (Å²) in [5, 5.41) is 3.44. The lowest BCUT2D eigenvalue weighted by molar-refractivity contribution is -0.149. The van der Waals surface area contributed by atoms with Gasteiger partial charge in [-0.3, -0.25) is 5.32 Å². The summed E-state index contributed by atoms with van der Waals surface area (Å²) in [6.07, 6.45) is 2.90. The molecule has 2 rings (SSSR count). The van der Waals surface area contributed by atoms with Crippen molar-refractivity contribution in [3.05, 3.63) is 29.8 Å². The van der Waals surface area contributed by atoms with E-state index in [1.54, 1.807) is 7.11 Å². The molecule has 1 N–H and O–H groups in total. The molecule has 1 atom stereocenters. The SMILES string of the molecule is CCC(NC1CC1)(C(=O)OC)c1ccc(OC)cc1. The largest absolute Gasteiger partial charge is 0.497 e. The molecule has 4 heteroatoms. The van der Waals surface area contributed by atoms with Crippen LogP contribution in [-0.4, -0.2) is 26.2 Å². The van der Waals surface area contributed by atoms with Gasteiger partial charge in [0.25, 0.3) is 0 Å². The molecule has 1 aliphatic carbocycles. The third-order valence-electron chi connectivity index (χ3n) is 3.67. The number of nitrogens with one attached hydrogen (secondary N) is 1. The van der Waals surface area contributed by atoms with Crippen LogP contribution in [0.25, 0.3) is 0 Å². The van der Waals surface area contributed by atoms with E-state index in [2.05, 4.69) is 5.32 Å². The molecule has 0 aromatic heterocycles. The van der Waals surface area contributed by atoms with Crippen molar-refractivity contribution in [1.82, 2.24) is 5.32 Å². The zero-order valence-corrected chi connectivity index (χ0v) is 11.7. The Balaban J connectivity index is 2.35. The van der Waals surface area contributed by atoms with Gasteiger partial charge in [0.1, 0.15) is 11.3 Å². The first-order chi connectivity index (χ1) is 9.16. The van der Waals surface area contributed by atoms with Crippen molar-refractivity contribution >= 4 is 5.97 Å². The van der Waals surface area contributed by atoms with Crippen molar-refractivity contribution < 1.29 is 14.3 Å². The maximum Gasteiger partial charge on any atom is 0.330 e. The van der Waals surface area contributed by atoms with Gasteiger partial charge in [-0.2, -0.15) is 0 Å². The number of hydrogen-bond donors (Lipinski definition) is 1. The van der Waals surface area contributed by atoms with Crippen molar-refractivity contribution in [2.75, 3.05) is 14.2 Å². The maximum atomic E-state index is 12.3. The molecule has 0 aliphatic heterocycles. The van der Waals surface area contributed by atoms with Crippen LogP contribution in [-0.2, 0) is 15.1 Å². The fourth-order valence-corrected chi connectivity index (χ4v) is 2.34. The lowest BCUT2D eigenvalue weighted by Gasteiger charge is -2.32. The van der Waals surface area contributed by atoms with E-state index in [1.807, 2.05) is 31.2 Å². The second kappa shape index (κ2) is 5.61. The first kappa shape index (κ1) is 13.9. The molecular weight excluding hydrogens is 242 g/mol. The minimum Gasteiger partial charge on any atom is -0.497 e. The van der Waals surface area contributed by atoms with Crippen LogP contribution in [0.15, 0.2) is 24.3 Å². The van der Waals surface area contributed by atoms with Gasteiger partial charge in [0, 0.05) is 6.04 Å². The van der Waals surface area contributed by atoms with Crippen LogP contribution in [0.1, 0.15) is 31.7 Å². The Labute approximate surface area is 114 Å². The Kier molecular flexibility index (Phi) is 4.10. The number of hydrogen-bond acceptors (Lipinski definition) is 4. The lowest BCUT2D eigenvalue weighted by Crippen LogP contribution is -2.50. The van der Waals surface area contributed by atoms with E-state index in [0.29, 0.717) is 12.5 Å². The topological polar surface area (TPSA) is 47.6 Å². The quantitative estimate of drug-likeness (QED) is 0.800. The minimum absolute atomic E-state index is 0.230. The normalized spacial score (nSPS) is 17.6. The number of benzene rings is 1. The van der Waals surface area contributed by atoms with Gasteiger partial charge < -0.3 is 9.47 Å². The van der Waals surface area contributed by atoms with Crippen molar-refractivity contribution in [2.45, 2.75) is 37.8 Å². The van der Waals surface area contributed by atoms with Crippen LogP contribution in [0.5, 0.6) is 5.75 Å². The van der Waals surface area contributed by atoms with Crippen LogP contribution in [0.4, 0.5) is 0 Å². The van der Waals surface area contributed by atoms with Gasteiger partial charge in [-0.1, -0.05) is 19.1 Å². The summed E-state index contributed by atoms with van der Waals surface area (Å²) in [6, 6.07) is 8.01. The Morgan fingerprint density at radius 2 is 1.95 bits per heavy atom. The summed E-state index contributed by atoms with van der Waals surface area (Å²) in [6.45, 7) is 2.00. The van der Waals surface area contributed by atoms with Gasteiger partial charge in [-0.15, -0.1) is 0 Å². The van der Waals surface area contributed by atoms with Crippen LogP contribution in [0, 0.1) is 0 Å². The highest BCUT2D eigenvalue weighted by molar-refractivity contribution is 5.82. The van der Waals surface area contributed by atoms with Crippen molar-refractivity contribution in [2.24, 2.45) is 0 Å². The van der Waals surface area contributed by atoms with E-state index in [4.69, 9.17) is 9.47 Å². The van der Waals surface area contributed by atoms with Crippen LogP contribution >= 0.6 is 0 Å². The fourth-order valence-electron chi connectivity index (χ4n) is 2.34. The van der Waals surface area contributed by atoms with Gasteiger partial charge in [-0.25, -0.2) is 4.79 Å². The zero-order valence-electron chi connectivity index (χ0n) is 11.7. The third kappa shape index (κ3) is 2.73. The summed E-state index contributed by atoms with van der Waals surface area (Å²) in [4.78, 5) is 12.3. The standard InChI is InChI=1S/C15H21NO3/c1-4-15(14(17)19-3,16-12-7-8-12)11-5-9-13(18-2)10-6-11/h5-6,9-10,12,16H,4,7-8H2,1-3H3. The summed E-state index contributed by atoms with van der Waals surface area (Å²) in [7, 11) is 3.07. The van der Waals surface area contributed by atoms with Gasteiger partial charge in [0.15, 0.2) is 0 Å². The Morgan fingerprint density at radius 1 is 1.32 bits per heavy atom. The van der Waals surface area contributed by atoms with Crippen LogP contribution in [0.2, 0.25) is 0 Å². The predicted octanol–water partition coefficient (Wildman–Crippen LogP) is 2.23. The number of methoxy groups -OCH3 is 2. The number of ether oxygens (including phenoxy) is 2. The smallest absolute Gasteiger partial charge is 0.330 e. The average Bonchev–Trinajstić information content (AvgIpc) is 3.28. The molecule has 1 aromatic rings. The van der Waals surface area contributed by atoms with Gasteiger partial charge in [0.05, 0.1) is 14.2 Å². The third-order valence-corrected chi connectivity index (χ3v) is 3.67. The van der Waals surface area contributed by atoms with E-state index >= 15 is 0 Å². The Hall–Kier alpha value is -1.55. The van der Waals surface area contributed by atoms with E-state index in [9.17, 15) is 4.79 Å². The number of carbonyl (C=O) groups is 1. The average molecular weight is 263 g/mol. The summed E-state index contributed by atoms with van der Waals surface area (Å²) < 4.78 is 10.2. The van der Waals surface area contributed by atoms with Crippen LogP contribution in [0.3, 0.4) is 0 Å². The molecule has 0 bridgehead atoms. The highest BCUT2D eigenvalue weighted by Crippen LogP contribution is 2.33. The van der Waals surface area contributed by atoms with E-state index < -0.39 is 5.54 Å². The Morgan fingerprint density at radius 3 is 2.37 bits per heavy atom. The lowest BCUT2D eigenvalue weighted by atomic mass is 9.87. The molecule has 0 heterocycles. The van der Waals surface area contributed by atoms with Crippen LogP contribution < -0.4 is 10.1 Å². The van der Waals surface area contributed by atoms with Gasteiger partial charge >= 0.3 is 5.97 Å². The summed E-state index contributed by atoms with van der Waals surface area (Å²) >= 11 is 0. The fraction of sp³-hybridized carbons (Fsp3) is 0.533. The second-order valence-electron chi connectivity index (χ2n) is 4.90. The first-order valence-electron chi connectivity index (χ1n) is 6.67. The molecule has 1 saturated carbocycles. The molecular formula is C15H21NO3. The van der Waals surface area contributed by atoms with Gasteiger partial charge in [0.2, 0.25) is 0 Å². The zero-order chi connectivity index (χ0) is 13.9. The Bertz CT molecular complexity index is 439. The molecule has 4 nitrogen and oxygen atoms in total. The molecule has 1 aromatic carbocycles. The highest BCUT2D eigenvalue weighted by atomic mass is 16.5. The molecule has 0 saturated heterocycles. The van der Waals surface area contributed by atoms with Crippen molar-refractivity contribution in [1.29, 1.82) is 0 Å². The maximum absolute atomic E-state index is 12.3. The molecule has 19 heavy (non-hydrogen) atoms. The van der Waals surface area contributed by atoms with Crippen molar-refractivity contribution in [3.63, 3.8) is 0 Å². The summed E-state index contributed by atoms with van der Waals surface area (Å²) in [5.74, 6) is 0.553. The molecule has 0 amide bonds. The molecule has 1 fully saturated rings. The van der Waals surface area contributed by atoms with E-state index in [0.717, 1.165) is 24.2 Å². The minimum atomic E-state index is -0.748. The first-order valence-corrected chi connectivity index (χ1v) is 6.67. The molecule has 0 spiro atoms. The molecule has 1 aliphatic rings. The molecule has 104 valence electrons. The summed E-state index contributed by atoms with van der Waals surface area (Å²) in [5.41, 5.74) is 0.178. The second-order valence-corrected chi connectivity index (χ2v) is 4.90. The monoisotopic (exact) mass is 263 g/mol. The van der Waals surface area contributed by atoms with E-state index in [1.165, 1.54) is 7.11 Å². The number of carbonyl (C=O) groups excluding carboxylic acids is 1. The number of rotatable bonds is 6. The predicted molar refractivity (Wildman–Crippen MR) is 73.1 cm³/mol. The molecule has 1 unspecified atom stereocenters. The highest BCUT2D eigenvalue weighted by Gasteiger charge is 2.43. The molecule has 0 radical (unpaired) electrons.